The monoisotopic (exact) mass is 296 g/mol. The quantitative estimate of drug-likeness (QED) is 0.884. The first-order valence-corrected chi connectivity index (χ1v) is 6.76. The standard InChI is InChI=1S/C16H15ClF2O/c17-14-6-2-1-4-12(14)8-11(10-20)9-13-5-3-7-15(18)16(13)19/h1-7,11,20H,8-10H2. The molecular formula is C16H15ClF2O. The number of hydrogen-bond donors (Lipinski definition) is 1. The van der Waals surface area contributed by atoms with Crippen LogP contribution in [0.4, 0.5) is 8.78 Å². The molecule has 106 valence electrons. The van der Waals surface area contributed by atoms with Crippen molar-refractivity contribution in [1.82, 2.24) is 0 Å². The molecular weight excluding hydrogens is 282 g/mol. The highest BCUT2D eigenvalue weighted by Gasteiger charge is 2.15. The van der Waals surface area contributed by atoms with Crippen LogP contribution in [0.1, 0.15) is 11.1 Å². The van der Waals surface area contributed by atoms with Crippen molar-refractivity contribution in [3.8, 4) is 0 Å². The van der Waals surface area contributed by atoms with Gasteiger partial charge in [0.25, 0.3) is 0 Å². The minimum absolute atomic E-state index is 0.110. The van der Waals surface area contributed by atoms with Gasteiger partial charge in [0, 0.05) is 11.6 Å². The van der Waals surface area contributed by atoms with Crippen molar-refractivity contribution in [2.45, 2.75) is 12.8 Å². The van der Waals surface area contributed by atoms with Crippen molar-refractivity contribution in [2.24, 2.45) is 5.92 Å². The minimum Gasteiger partial charge on any atom is -0.396 e. The van der Waals surface area contributed by atoms with E-state index in [1.165, 1.54) is 12.1 Å². The summed E-state index contributed by atoms with van der Waals surface area (Å²) in [4.78, 5) is 0. The summed E-state index contributed by atoms with van der Waals surface area (Å²) >= 11 is 6.07. The smallest absolute Gasteiger partial charge is 0.162 e. The lowest BCUT2D eigenvalue weighted by atomic mass is 9.93. The summed E-state index contributed by atoms with van der Waals surface area (Å²) in [7, 11) is 0. The third-order valence-corrected chi connectivity index (χ3v) is 3.63. The Morgan fingerprint density at radius 1 is 0.950 bits per heavy atom. The van der Waals surface area contributed by atoms with Crippen LogP contribution in [0.15, 0.2) is 42.5 Å². The molecule has 0 amide bonds. The van der Waals surface area contributed by atoms with E-state index in [0.717, 1.165) is 11.6 Å². The molecule has 0 fully saturated rings. The highest BCUT2D eigenvalue weighted by molar-refractivity contribution is 6.31. The van der Waals surface area contributed by atoms with E-state index < -0.39 is 11.6 Å². The molecule has 2 aromatic carbocycles. The van der Waals surface area contributed by atoms with Crippen LogP contribution in [-0.4, -0.2) is 11.7 Å². The van der Waals surface area contributed by atoms with Crippen molar-refractivity contribution in [3.63, 3.8) is 0 Å². The Hall–Kier alpha value is -1.45. The van der Waals surface area contributed by atoms with Crippen LogP contribution >= 0.6 is 11.6 Å². The van der Waals surface area contributed by atoms with E-state index >= 15 is 0 Å². The molecule has 0 aliphatic rings. The first-order chi connectivity index (χ1) is 9.61. The molecule has 1 unspecified atom stereocenters. The Morgan fingerprint density at radius 2 is 1.60 bits per heavy atom. The Kier molecular flexibility index (Phi) is 5.10. The van der Waals surface area contributed by atoms with Crippen molar-refractivity contribution in [1.29, 1.82) is 0 Å². The van der Waals surface area contributed by atoms with Gasteiger partial charge in [-0.3, -0.25) is 0 Å². The van der Waals surface area contributed by atoms with Crippen LogP contribution in [0.5, 0.6) is 0 Å². The third-order valence-electron chi connectivity index (χ3n) is 3.26. The summed E-state index contributed by atoms with van der Waals surface area (Å²) in [6, 6.07) is 11.4. The molecule has 4 heteroatoms. The fourth-order valence-electron chi connectivity index (χ4n) is 2.19. The summed E-state index contributed by atoms with van der Waals surface area (Å²) < 4.78 is 26.8. The van der Waals surface area contributed by atoms with E-state index in [9.17, 15) is 13.9 Å². The topological polar surface area (TPSA) is 20.2 Å². The minimum atomic E-state index is -0.864. The van der Waals surface area contributed by atoms with E-state index in [4.69, 9.17) is 11.6 Å². The molecule has 1 atom stereocenters. The molecule has 0 aromatic heterocycles. The van der Waals surface area contributed by atoms with Gasteiger partial charge in [-0.1, -0.05) is 41.9 Å². The Labute approximate surface area is 121 Å². The second-order valence-corrected chi connectivity index (χ2v) is 5.17. The lowest BCUT2D eigenvalue weighted by molar-refractivity contribution is 0.224. The maximum atomic E-state index is 13.6. The molecule has 2 rings (SSSR count). The van der Waals surface area contributed by atoms with Crippen LogP contribution in [0.2, 0.25) is 5.02 Å². The number of hydrogen-bond acceptors (Lipinski definition) is 1. The van der Waals surface area contributed by atoms with Crippen molar-refractivity contribution in [3.05, 3.63) is 70.2 Å². The van der Waals surface area contributed by atoms with E-state index in [1.54, 1.807) is 6.07 Å². The number of halogens is 3. The maximum Gasteiger partial charge on any atom is 0.162 e. The van der Waals surface area contributed by atoms with E-state index in [2.05, 4.69) is 0 Å². The number of aliphatic hydroxyl groups excluding tert-OH is 1. The molecule has 1 N–H and O–H groups in total. The molecule has 0 spiro atoms. The van der Waals surface area contributed by atoms with Gasteiger partial charge in [0.1, 0.15) is 0 Å². The maximum absolute atomic E-state index is 13.6. The third kappa shape index (κ3) is 3.56. The van der Waals surface area contributed by atoms with Gasteiger partial charge in [-0.15, -0.1) is 0 Å². The molecule has 0 heterocycles. The molecule has 2 aromatic rings. The molecule has 0 aliphatic heterocycles. The van der Waals surface area contributed by atoms with E-state index in [-0.39, 0.29) is 24.5 Å². The second kappa shape index (κ2) is 6.82. The molecule has 0 bridgehead atoms. The zero-order valence-corrected chi connectivity index (χ0v) is 11.6. The van der Waals surface area contributed by atoms with Gasteiger partial charge in [0.15, 0.2) is 11.6 Å². The first-order valence-electron chi connectivity index (χ1n) is 6.39. The predicted molar refractivity (Wildman–Crippen MR) is 75.8 cm³/mol. The van der Waals surface area contributed by atoms with E-state index in [0.29, 0.717) is 11.4 Å². The van der Waals surface area contributed by atoms with Crippen LogP contribution in [0, 0.1) is 17.6 Å². The molecule has 20 heavy (non-hydrogen) atoms. The summed E-state index contributed by atoms with van der Waals surface area (Å²) in [6.07, 6.45) is 0.789. The van der Waals surface area contributed by atoms with Crippen molar-refractivity contribution >= 4 is 11.6 Å². The van der Waals surface area contributed by atoms with Crippen LogP contribution in [0.3, 0.4) is 0 Å². The molecule has 0 aliphatic carbocycles. The van der Waals surface area contributed by atoms with Crippen LogP contribution in [-0.2, 0) is 12.8 Å². The van der Waals surface area contributed by atoms with Crippen LogP contribution in [0.25, 0.3) is 0 Å². The summed E-state index contributed by atoms with van der Waals surface area (Å²) in [5.74, 6) is -1.91. The SMILES string of the molecule is OCC(Cc1ccccc1Cl)Cc1cccc(F)c1F. The summed E-state index contributed by atoms with van der Waals surface area (Å²) in [5.41, 5.74) is 1.17. The first kappa shape index (κ1) is 14.9. The fraction of sp³-hybridized carbons (Fsp3) is 0.250. The van der Waals surface area contributed by atoms with Gasteiger partial charge in [0.05, 0.1) is 0 Å². The highest BCUT2D eigenvalue weighted by atomic mass is 35.5. The fourth-order valence-corrected chi connectivity index (χ4v) is 2.41. The van der Waals surface area contributed by atoms with Crippen molar-refractivity contribution in [2.75, 3.05) is 6.61 Å². The number of benzene rings is 2. The van der Waals surface area contributed by atoms with Gasteiger partial charge in [-0.2, -0.15) is 0 Å². The van der Waals surface area contributed by atoms with Gasteiger partial charge < -0.3 is 5.11 Å². The molecule has 1 nitrogen and oxygen atoms in total. The average molecular weight is 297 g/mol. The second-order valence-electron chi connectivity index (χ2n) is 4.76. The normalized spacial score (nSPS) is 12.4. The number of aliphatic hydroxyl groups is 1. The lowest BCUT2D eigenvalue weighted by Gasteiger charge is -2.15. The van der Waals surface area contributed by atoms with Gasteiger partial charge in [-0.25, -0.2) is 8.78 Å². The Balaban J connectivity index is 2.14. The predicted octanol–water partition coefficient (Wildman–Crippen LogP) is 4.01. The lowest BCUT2D eigenvalue weighted by Crippen LogP contribution is -2.14. The van der Waals surface area contributed by atoms with Gasteiger partial charge in [-0.05, 0) is 42.0 Å². The highest BCUT2D eigenvalue weighted by Crippen LogP contribution is 2.22. The molecule has 0 saturated heterocycles. The Morgan fingerprint density at radius 3 is 2.30 bits per heavy atom. The zero-order chi connectivity index (χ0) is 14.5. The van der Waals surface area contributed by atoms with E-state index in [1.807, 2.05) is 18.2 Å². The average Bonchev–Trinajstić information content (AvgIpc) is 2.45. The largest absolute Gasteiger partial charge is 0.396 e. The number of rotatable bonds is 5. The Bertz CT molecular complexity index is 586. The summed E-state index contributed by atoms with van der Waals surface area (Å²) in [6.45, 7) is -0.110. The molecule has 0 saturated carbocycles. The summed E-state index contributed by atoms with van der Waals surface area (Å²) in [5, 5.41) is 10.1. The van der Waals surface area contributed by atoms with Gasteiger partial charge >= 0.3 is 0 Å². The zero-order valence-electron chi connectivity index (χ0n) is 10.8. The van der Waals surface area contributed by atoms with Gasteiger partial charge in [0.2, 0.25) is 0 Å². The van der Waals surface area contributed by atoms with Crippen molar-refractivity contribution < 1.29 is 13.9 Å². The molecule has 0 radical (unpaired) electrons. The van der Waals surface area contributed by atoms with Crippen LogP contribution < -0.4 is 0 Å².